The smallest absolute Gasteiger partial charge is 0.251 e. The van der Waals surface area contributed by atoms with Gasteiger partial charge in [-0.25, -0.2) is 8.78 Å². The van der Waals surface area contributed by atoms with Crippen molar-refractivity contribution in [3.05, 3.63) is 123 Å². The van der Waals surface area contributed by atoms with Gasteiger partial charge in [0.25, 0.3) is 5.91 Å². The van der Waals surface area contributed by atoms with Crippen molar-refractivity contribution >= 4 is 11.7 Å². The van der Waals surface area contributed by atoms with Crippen LogP contribution >= 0.6 is 0 Å². The Balaban J connectivity index is 1.23. The molecule has 2 aliphatic rings. The number of carbonyl (C=O) groups is 1. The third kappa shape index (κ3) is 3.90. The van der Waals surface area contributed by atoms with E-state index in [-0.39, 0.29) is 30.5 Å². The summed E-state index contributed by atoms with van der Waals surface area (Å²) in [7, 11) is 1.50. The van der Waals surface area contributed by atoms with E-state index in [9.17, 15) is 13.6 Å². The minimum Gasteiger partial charge on any atom is -0.496 e. The van der Waals surface area contributed by atoms with Crippen LogP contribution in [0.2, 0.25) is 0 Å². The third-order valence-electron chi connectivity index (χ3n) is 7.09. The molecule has 0 fully saturated rings. The number of nitrogens with one attached hydrogen (secondary N) is 2. The summed E-state index contributed by atoms with van der Waals surface area (Å²) in [5.74, 6) is -1.12. The monoisotopic (exact) mass is 511 g/mol. The van der Waals surface area contributed by atoms with Crippen LogP contribution in [0.3, 0.4) is 0 Å². The summed E-state index contributed by atoms with van der Waals surface area (Å²) < 4.78 is 39.4. The van der Waals surface area contributed by atoms with E-state index >= 15 is 0 Å². The summed E-state index contributed by atoms with van der Waals surface area (Å²) in [5.41, 5.74) is 12.2. The second kappa shape index (κ2) is 9.08. The van der Waals surface area contributed by atoms with Crippen LogP contribution in [0.15, 0.2) is 72.8 Å². The summed E-state index contributed by atoms with van der Waals surface area (Å²) in [4.78, 5) is 13.0. The van der Waals surface area contributed by atoms with E-state index in [4.69, 9.17) is 20.6 Å². The topological polar surface area (TPSA) is 97.4 Å². The van der Waals surface area contributed by atoms with Gasteiger partial charge in [0.1, 0.15) is 35.4 Å². The maximum Gasteiger partial charge on any atom is 0.251 e. The summed E-state index contributed by atoms with van der Waals surface area (Å²) >= 11 is 0. The lowest BCUT2D eigenvalue weighted by atomic mass is 9.83. The molecule has 0 radical (unpaired) electrons. The molecule has 0 aliphatic carbocycles. The predicted octanol–water partition coefficient (Wildman–Crippen LogP) is 5.38. The van der Waals surface area contributed by atoms with Gasteiger partial charge in [-0.1, -0.05) is 24.3 Å². The molecule has 4 aromatic carbocycles. The van der Waals surface area contributed by atoms with E-state index in [0.717, 1.165) is 33.9 Å². The van der Waals surface area contributed by atoms with Gasteiger partial charge in [-0.2, -0.15) is 0 Å². The Morgan fingerprint density at radius 3 is 2.42 bits per heavy atom. The number of benzene rings is 4. The largest absolute Gasteiger partial charge is 0.496 e. The van der Waals surface area contributed by atoms with E-state index < -0.39 is 11.6 Å². The summed E-state index contributed by atoms with van der Waals surface area (Å²) in [5, 5.41) is 10.6. The molecule has 38 heavy (non-hydrogen) atoms. The fourth-order valence-electron chi connectivity index (χ4n) is 5.23. The molecule has 4 N–H and O–H groups in total. The average molecular weight is 512 g/mol. The molecular formula is C30H23F2N3O3. The van der Waals surface area contributed by atoms with Gasteiger partial charge >= 0.3 is 0 Å². The van der Waals surface area contributed by atoms with Gasteiger partial charge in [0.2, 0.25) is 0 Å². The van der Waals surface area contributed by atoms with Crippen LogP contribution in [0.25, 0.3) is 11.1 Å². The van der Waals surface area contributed by atoms with Crippen LogP contribution in [0.1, 0.15) is 55.9 Å². The number of nitrogen functional groups attached to an aromatic ring is 1. The lowest BCUT2D eigenvalue weighted by Gasteiger charge is -2.18. The first kappa shape index (κ1) is 23.8. The lowest BCUT2D eigenvalue weighted by Crippen LogP contribution is -2.23. The number of fused-ring (bicyclic) bond motifs is 8. The van der Waals surface area contributed by atoms with E-state index in [0.29, 0.717) is 28.0 Å². The zero-order valence-electron chi connectivity index (χ0n) is 20.3. The summed E-state index contributed by atoms with van der Waals surface area (Å²) in [6, 6.07) is 19.9. The van der Waals surface area contributed by atoms with E-state index in [2.05, 4.69) is 5.32 Å². The highest BCUT2D eigenvalue weighted by Crippen LogP contribution is 2.54. The number of ether oxygens (including phenoxy) is 2. The Kier molecular flexibility index (Phi) is 5.69. The average Bonchev–Trinajstić information content (AvgIpc) is 3.48. The minimum absolute atomic E-state index is 0.0939. The molecule has 0 saturated carbocycles. The fourth-order valence-corrected chi connectivity index (χ4v) is 5.23. The molecule has 2 bridgehead atoms. The first-order chi connectivity index (χ1) is 18.3. The van der Waals surface area contributed by atoms with Gasteiger partial charge in [-0.05, 0) is 75.8 Å². The van der Waals surface area contributed by atoms with Gasteiger partial charge in [0.15, 0.2) is 0 Å². The zero-order valence-corrected chi connectivity index (χ0v) is 20.3. The maximum absolute atomic E-state index is 14.4. The van der Waals surface area contributed by atoms with Crippen molar-refractivity contribution in [1.29, 1.82) is 5.41 Å². The van der Waals surface area contributed by atoms with Crippen molar-refractivity contribution in [3.63, 3.8) is 0 Å². The standard InChI is InChI=1S/C30H23F2N3O3/c1-37-26-10-15(2-6-22(26)29(33)34)14-35-30(36)17-4-8-21-24(12-17)28-23-11-16(3-7-20(23)27(21)38-28)19-9-5-18(31)13-25(19)32/h2-13,27-28H,14H2,1H3,(H3,33,34)(H,35,36)/t27-,28+/m0/s1. The first-order valence-electron chi connectivity index (χ1n) is 12.0. The molecule has 190 valence electrons. The van der Waals surface area contributed by atoms with Gasteiger partial charge in [0, 0.05) is 23.7 Å². The Bertz CT molecular complexity index is 1640. The molecule has 6 nitrogen and oxygen atoms in total. The van der Waals surface area contributed by atoms with Gasteiger partial charge in [0.05, 0.1) is 12.7 Å². The van der Waals surface area contributed by atoms with Crippen LogP contribution in [0.4, 0.5) is 8.78 Å². The first-order valence-corrected chi connectivity index (χ1v) is 12.0. The number of carbonyl (C=O) groups excluding carboxylic acids is 1. The molecule has 0 aromatic heterocycles. The van der Waals surface area contributed by atoms with Crippen LogP contribution in [-0.2, 0) is 11.3 Å². The van der Waals surface area contributed by atoms with Crippen molar-refractivity contribution in [2.75, 3.05) is 7.11 Å². The molecule has 2 aliphatic heterocycles. The summed E-state index contributed by atoms with van der Waals surface area (Å²) in [6.45, 7) is 0.266. The highest BCUT2D eigenvalue weighted by Gasteiger charge is 2.43. The second-order valence-corrected chi connectivity index (χ2v) is 9.34. The number of amidine groups is 1. The van der Waals surface area contributed by atoms with Gasteiger partial charge in [-0.15, -0.1) is 0 Å². The van der Waals surface area contributed by atoms with E-state index in [1.165, 1.54) is 19.2 Å². The lowest BCUT2D eigenvalue weighted by molar-refractivity contribution is 0.0857. The highest BCUT2D eigenvalue weighted by molar-refractivity contribution is 5.98. The number of amides is 1. The van der Waals surface area contributed by atoms with Crippen LogP contribution in [0, 0.1) is 17.0 Å². The molecule has 4 aromatic rings. The normalized spacial score (nSPS) is 16.6. The molecule has 0 unspecified atom stereocenters. The number of rotatable bonds is 6. The number of hydrogen-bond donors (Lipinski definition) is 3. The second-order valence-electron chi connectivity index (χ2n) is 9.34. The quantitative estimate of drug-likeness (QED) is 0.239. The molecular weight excluding hydrogens is 488 g/mol. The Hall–Kier alpha value is -4.56. The third-order valence-corrected chi connectivity index (χ3v) is 7.09. The van der Waals surface area contributed by atoms with Crippen molar-refractivity contribution in [3.8, 4) is 16.9 Å². The van der Waals surface area contributed by atoms with Crippen LogP contribution < -0.4 is 15.8 Å². The Morgan fingerprint density at radius 1 is 0.947 bits per heavy atom. The summed E-state index contributed by atoms with van der Waals surface area (Å²) in [6.07, 6.45) is -0.619. The van der Waals surface area contributed by atoms with Gasteiger partial charge in [-0.3, -0.25) is 10.2 Å². The van der Waals surface area contributed by atoms with E-state index in [1.54, 1.807) is 24.3 Å². The zero-order chi connectivity index (χ0) is 26.6. The fraction of sp³-hybridized carbons (Fsp3) is 0.133. The maximum atomic E-state index is 14.4. The van der Waals surface area contributed by atoms with Crippen LogP contribution in [-0.4, -0.2) is 18.9 Å². The van der Waals surface area contributed by atoms with Crippen molar-refractivity contribution in [2.24, 2.45) is 5.73 Å². The Labute approximate surface area is 217 Å². The number of nitrogens with two attached hydrogens (primary N) is 1. The number of hydrogen-bond acceptors (Lipinski definition) is 4. The molecule has 2 heterocycles. The molecule has 0 spiro atoms. The molecule has 1 amide bonds. The van der Waals surface area contributed by atoms with Crippen molar-refractivity contribution in [1.82, 2.24) is 5.32 Å². The van der Waals surface area contributed by atoms with Crippen LogP contribution in [0.5, 0.6) is 5.75 Å². The van der Waals surface area contributed by atoms with E-state index in [1.807, 2.05) is 30.3 Å². The SMILES string of the molecule is COc1cc(CNC(=O)c2ccc3c(c2)[C@@H]2O[C@H]3c3ccc(-c4ccc(F)cc4F)cc32)ccc1C(=N)N. The number of methoxy groups -OCH3 is 1. The minimum atomic E-state index is -0.623. The van der Waals surface area contributed by atoms with Crippen molar-refractivity contribution in [2.45, 2.75) is 18.8 Å². The predicted molar refractivity (Wildman–Crippen MR) is 138 cm³/mol. The Morgan fingerprint density at radius 2 is 1.68 bits per heavy atom. The van der Waals surface area contributed by atoms with Gasteiger partial charge < -0.3 is 20.5 Å². The molecule has 2 atom stereocenters. The van der Waals surface area contributed by atoms with Crippen molar-refractivity contribution < 1.29 is 23.0 Å². The number of halogens is 2. The molecule has 6 rings (SSSR count). The highest BCUT2D eigenvalue weighted by atomic mass is 19.1. The molecule has 8 heteroatoms. The molecule has 0 saturated heterocycles.